The SMILES string of the molecule is COC(=O)[C@@H]1Cc2c([nH]c3ccccc23)C(c2ccc(C)cc2)N1C(C)=O. The largest absolute Gasteiger partial charge is 0.467 e. The zero-order chi connectivity index (χ0) is 19.1. The van der Waals surface area contributed by atoms with Gasteiger partial charge < -0.3 is 14.6 Å². The Balaban J connectivity index is 1.98. The van der Waals surface area contributed by atoms with E-state index < -0.39 is 12.0 Å². The van der Waals surface area contributed by atoms with Crippen molar-refractivity contribution in [3.63, 3.8) is 0 Å². The summed E-state index contributed by atoms with van der Waals surface area (Å²) in [5.41, 5.74) is 5.16. The number of amides is 1. The number of benzene rings is 2. The van der Waals surface area contributed by atoms with Crippen LogP contribution in [0.2, 0.25) is 0 Å². The molecule has 0 aliphatic carbocycles. The number of para-hydroxylation sites is 1. The number of aromatic nitrogens is 1. The van der Waals surface area contributed by atoms with Crippen LogP contribution >= 0.6 is 0 Å². The molecule has 1 amide bonds. The maximum absolute atomic E-state index is 12.6. The molecule has 1 aliphatic heterocycles. The minimum Gasteiger partial charge on any atom is -0.467 e. The molecule has 138 valence electrons. The fourth-order valence-corrected chi connectivity index (χ4v) is 4.10. The molecule has 0 radical (unpaired) electrons. The predicted octanol–water partition coefficient (Wildman–Crippen LogP) is 3.51. The molecule has 0 bridgehead atoms. The lowest BCUT2D eigenvalue weighted by Gasteiger charge is -2.40. The van der Waals surface area contributed by atoms with Crippen LogP contribution < -0.4 is 0 Å². The lowest BCUT2D eigenvalue weighted by Crippen LogP contribution is -2.51. The van der Waals surface area contributed by atoms with Crippen LogP contribution in [0.15, 0.2) is 48.5 Å². The number of hydrogen-bond donors (Lipinski definition) is 1. The van der Waals surface area contributed by atoms with Crippen LogP contribution in [0.3, 0.4) is 0 Å². The molecule has 0 fully saturated rings. The second-order valence-electron chi connectivity index (χ2n) is 7.05. The number of carbonyl (C=O) groups is 2. The number of ether oxygens (including phenoxy) is 1. The first-order chi connectivity index (χ1) is 13.0. The topological polar surface area (TPSA) is 62.4 Å². The minimum absolute atomic E-state index is 0.153. The molecule has 1 aliphatic rings. The molecule has 4 rings (SSSR count). The van der Waals surface area contributed by atoms with Gasteiger partial charge in [-0.05, 0) is 24.1 Å². The summed E-state index contributed by atoms with van der Waals surface area (Å²) in [6.07, 6.45) is 0.438. The van der Waals surface area contributed by atoms with E-state index in [1.807, 2.05) is 49.4 Å². The van der Waals surface area contributed by atoms with Crippen molar-refractivity contribution in [2.45, 2.75) is 32.4 Å². The molecule has 27 heavy (non-hydrogen) atoms. The maximum atomic E-state index is 12.6. The number of carbonyl (C=O) groups excluding carboxylic acids is 2. The fourth-order valence-electron chi connectivity index (χ4n) is 4.10. The van der Waals surface area contributed by atoms with Crippen molar-refractivity contribution < 1.29 is 14.3 Å². The maximum Gasteiger partial charge on any atom is 0.328 e. The van der Waals surface area contributed by atoms with Gasteiger partial charge in [0, 0.05) is 29.9 Å². The lowest BCUT2D eigenvalue weighted by molar-refractivity contribution is -0.154. The number of nitrogens with one attached hydrogen (secondary N) is 1. The summed E-state index contributed by atoms with van der Waals surface area (Å²) in [5, 5.41) is 1.08. The van der Waals surface area contributed by atoms with Crippen LogP contribution in [-0.4, -0.2) is 34.9 Å². The van der Waals surface area contributed by atoms with Crippen molar-refractivity contribution in [1.29, 1.82) is 0 Å². The summed E-state index contributed by atoms with van der Waals surface area (Å²) in [4.78, 5) is 30.3. The van der Waals surface area contributed by atoms with Crippen LogP contribution in [0.1, 0.15) is 35.3 Å². The minimum atomic E-state index is -0.648. The Hall–Kier alpha value is -3.08. The van der Waals surface area contributed by atoms with E-state index in [0.29, 0.717) is 6.42 Å². The molecular formula is C22H22N2O3. The summed E-state index contributed by atoms with van der Waals surface area (Å²) in [7, 11) is 1.37. The Morgan fingerprint density at radius 2 is 1.81 bits per heavy atom. The number of esters is 1. The number of aromatic amines is 1. The number of aryl methyl sites for hydroxylation is 1. The second-order valence-corrected chi connectivity index (χ2v) is 7.05. The quantitative estimate of drug-likeness (QED) is 0.710. The predicted molar refractivity (Wildman–Crippen MR) is 103 cm³/mol. The average molecular weight is 362 g/mol. The van der Waals surface area contributed by atoms with Crippen molar-refractivity contribution in [2.24, 2.45) is 0 Å². The molecule has 2 aromatic carbocycles. The number of fused-ring (bicyclic) bond motifs is 3. The van der Waals surface area contributed by atoms with E-state index in [1.54, 1.807) is 4.90 Å². The molecule has 5 nitrogen and oxygen atoms in total. The third-order valence-corrected chi connectivity index (χ3v) is 5.36. The van der Waals surface area contributed by atoms with Crippen molar-refractivity contribution in [1.82, 2.24) is 9.88 Å². The van der Waals surface area contributed by atoms with E-state index >= 15 is 0 Å². The van der Waals surface area contributed by atoms with E-state index in [0.717, 1.165) is 33.3 Å². The third kappa shape index (κ3) is 2.79. The summed E-state index contributed by atoms with van der Waals surface area (Å²) in [6.45, 7) is 3.53. The van der Waals surface area contributed by atoms with Crippen LogP contribution in [-0.2, 0) is 20.7 Å². The Bertz CT molecular complexity index is 1020. The van der Waals surface area contributed by atoms with Gasteiger partial charge in [-0.25, -0.2) is 4.79 Å². The first-order valence-corrected chi connectivity index (χ1v) is 9.04. The molecule has 2 heterocycles. The highest BCUT2D eigenvalue weighted by Crippen LogP contribution is 2.41. The van der Waals surface area contributed by atoms with Gasteiger partial charge in [0.25, 0.3) is 0 Å². The van der Waals surface area contributed by atoms with Crippen molar-refractivity contribution in [3.05, 3.63) is 70.9 Å². The second kappa shape index (κ2) is 6.58. The molecule has 0 saturated carbocycles. The number of methoxy groups -OCH3 is 1. The van der Waals surface area contributed by atoms with Crippen LogP contribution in [0, 0.1) is 6.92 Å². The van der Waals surface area contributed by atoms with E-state index in [2.05, 4.69) is 11.1 Å². The standard InChI is InChI=1S/C22H22N2O3/c1-13-8-10-15(11-9-13)21-20-17(16-6-4-5-7-18(16)23-20)12-19(22(26)27-3)24(21)14(2)25/h4-11,19,21,23H,12H2,1-3H3/t19-,21?/m0/s1. The molecule has 0 saturated heterocycles. The monoisotopic (exact) mass is 362 g/mol. The van der Waals surface area contributed by atoms with E-state index in [9.17, 15) is 9.59 Å². The van der Waals surface area contributed by atoms with Gasteiger partial charge >= 0.3 is 5.97 Å². The summed E-state index contributed by atoms with van der Waals surface area (Å²) >= 11 is 0. The molecule has 1 aromatic heterocycles. The number of hydrogen-bond acceptors (Lipinski definition) is 3. The fraction of sp³-hybridized carbons (Fsp3) is 0.273. The van der Waals surface area contributed by atoms with Crippen LogP contribution in [0.5, 0.6) is 0 Å². The highest BCUT2D eigenvalue weighted by atomic mass is 16.5. The zero-order valence-corrected chi connectivity index (χ0v) is 15.7. The van der Waals surface area contributed by atoms with Crippen LogP contribution in [0.4, 0.5) is 0 Å². The average Bonchev–Trinajstić information content (AvgIpc) is 3.05. The molecule has 1 unspecified atom stereocenters. The summed E-state index contributed by atoms with van der Waals surface area (Å²) < 4.78 is 5.03. The van der Waals surface area contributed by atoms with Gasteiger partial charge in [0.15, 0.2) is 0 Å². The van der Waals surface area contributed by atoms with Crippen molar-refractivity contribution in [3.8, 4) is 0 Å². The van der Waals surface area contributed by atoms with Crippen molar-refractivity contribution >= 4 is 22.8 Å². The molecule has 1 N–H and O–H groups in total. The van der Waals surface area contributed by atoms with Crippen LogP contribution in [0.25, 0.3) is 10.9 Å². The highest BCUT2D eigenvalue weighted by molar-refractivity contribution is 5.90. The van der Waals surface area contributed by atoms with E-state index in [1.165, 1.54) is 14.0 Å². The van der Waals surface area contributed by atoms with Gasteiger partial charge in [-0.15, -0.1) is 0 Å². The van der Waals surface area contributed by atoms with Crippen molar-refractivity contribution in [2.75, 3.05) is 7.11 Å². The molecule has 5 heteroatoms. The van der Waals surface area contributed by atoms with E-state index in [4.69, 9.17) is 4.74 Å². The highest BCUT2D eigenvalue weighted by Gasteiger charge is 2.42. The molecule has 3 aromatic rings. The normalized spacial score (nSPS) is 19.0. The van der Waals surface area contributed by atoms with Gasteiger partial charge in [-0.3, -0.25) is 4.79 Å². The van der Waals surface area contributed by atoms with Gasteiger partial charge in [0.1, 0.15) is 6.04 Å². The molecule has 0 spiro atoms. The van der Waals surface area contributed by atoms with Gasteiger partial charge in [-0.1, -0.05) is 48.0 Å². The zero-order valence-electron chi connectivity index (χ0n) is 15.7. The Kier molecular flexibility index (Phi) is 4.22. The van der Waals surface area contributed by atoms with Gasteiger partial charge in [-0.2, -0.15) is 0 Å². The summed E-state index contributed by atoms with van der Waals surface area (Å²) in [6, 6.07) is 15.1. The molecular weight excluding hydrogens is 340 g/mol. The van der Waals surface area contributed by atoms with E-state index in [-0.39, 0.29) is 11.9 Å². The Morgan fingerprint density at radius 3 is 2.48 bits per heavy atom. The first kappa shape index (κ1) is 17.3. The number of rotatable bonds is 2. The Morgan fingerprint density at radius 1 is 1.11 bits per heavy atom. The van der Waals surface area contributed by atoms with Gasteiger partial charge in [0.05, 0.1) is 13.2 Å². The first-order valence-electron chi connectivity index (χ1n) is 9.04. The Labute approximate surface area is 157 Å². The van der Waals surface area contributed by atoms with Gasteiger partial charge in [0.2, 0.25) is 5.91 Å². The smallest absolute Gasteiger partial charge is 0.328 e. The number of H-pyrrole nitrogens is 1. The number of nitrogens with zero attached hydrogens (tertiary/aromatic N) is 1. The summed E-state index contributed by atoms with van der Waals surface area (Å²) in [5.74, 6) is -0.543. The third-order valence-electron chi connectivity index (χ3n) is 5.36. The lowest BCUT2D eigenvalue weighted by atomic mass is 9.87. The molecule has 2 atom stereocenters.